The van der Waals surface area contributed by atoms with Gasteiger partial charge in [-0.25, -0.2) is 4.99 Å². The van der Waals surface area contributed by atoms with E-state index in [2.05, 4.69) is 10.3 Å². The van der Waals surface area contributed by atoms with E-state index >= 15 is 0 Å². The summed E-state index contributed by atoms with van der Waals surface area (Å²) < 4.78 is 38.6. The van der Waals surface area contributed by atoms with Gasteiger partial charge in [0.15, 0.2) is 0 Å². The Labute approximate surface area is 160 Å². The number of hydrogen-bond donors (Lipinski definition) is 2. The smallest absolute Gasteiger partial charge is 0.390 e. The van der Waals surface area contributed by atoms with Gasteiger partial charge in [0.2, 0.25) is 0 Å². The van der Waals surface area contributed by atoms with Gasteiger partial charge in [-0.3, -0.25) is 4.79 Å². The summed E-state index contributed by atoms with van der Waals surface area (Å²) in [6, 6.07) is 8.89. The molecule has 0 unspecified atom stereocenters. The minimum Gasteiger partial charge on any atom is -0.390 e. The molecule has 0 radical (unpaired) electrons. The number of nitrogens with one attached hydrogen (secondary N) is 1. The third-order valence-corrected chi connectivity index (χ3v) is 4.45. The van der Waals surface area contributed by atoms with Crippen LogP contribution in [0, 0.1) is 0 Å². The van der Waals surface area contributed by atoms with Crippen molar-refractivity contribution in [1.82, 2.24) is 10.2 Å². The first-order valence-corrected chi connectivity index (χ1v) is 8.65. The van der Waals surface area contributed by atoms with Crippen LogP contribution in [-0.2, 0) is 12.6 Å². The third kappa shape index (κ3) is 4.33. The van der Waals surface area contributed by atoms with Crippen molar-refractivity contribution in [3.63, 3.8) is 0 Å². The fraction of sp³-hybridized carbons (Fsp3) is 0.300. The van der Waals surface area contributed by atoms with Crippen LogP contribution in [0.3, 0.4) is 0 Å². The van der Waals surface area contributed by atoms with Gasteiger partial charge in [0.25, 0.3) is 5.91 Å². The Bertz CT molecular complexity index is 910. The number of nitrogens with zero attached hydrogens (tertiary/aromatic N) is 2. The Morgan fingerprint density at radius 3 is 2.68 bits per heavy atom. The number of benzene rings is 2. The van der Waals surface area contributed by atoms with Crippen LogP contribution < -0.4 is 5.32 Å². The minimum absolute atomic E-state index is 0.114. The summed E-state index contributed by atoms with van der Waals surface area (Å²) in [5.41, 5.74) is 1.22. The van der Waals surface area contributed by atoms with Gasteiger partial charge in [-0.15, -0.1) is 0 Å². The largest absolute Gasteiger partial charge is 0.416 e. The van der Waals surface area contributed by atoms with Gasteiger partial charge in [-0.05, 0) is 41.5 Å². The van der Waals surface area contributed by atoms with Crippen LogP contribution in [0.5, 0.6) is 0 Å². The number of amides is 1. The van der Waals surface area contributed by atoms with Crippen molar-refractivity contribution in [3.05, 3.63) is 64.7 Å². The second-order valence-corrected chi connectivity index (χ2v) is 6.89. The zero-order valence-corrected chi connectivity index (χ0v) is 15.4. The molecular weight excluding hydrogens is 371 g/mol. The average molecular weight is 391 g/mol. The van der Waals surface area contributed by atoms with Gasteiger partial charge in [0.1, 0.15) is 0 Å². The molecule has 0 spiro atoms. The first-order chi connectivity index (χ1) is 13.1. The highest BCUT2D eigenvalue weighted by atomic mass is 19.4. The van der Waals surface area contributed by atoms with E-state index in [4.69, 9.17) is 0 Å². The summed E-state index contributed by atoms with van der Waals surface area (Å²) in [5, 5.41) is 13.0. The first kappa shape index (κ1) is 19.9. The predicted molar refractivity (Wildman–Crippen MR) is 99.6 cm³/mol. The van der Waals surface area contributed by atoms with Gasteiger partial charge in [-0.2, -0.15) is 13.2 Å². The Hall–Kier alpha value is -2.87. The number of alkyl halides is 3. The van der Waals surface area contributed by atoms with Crippen molar-refractivity contribution in [2.75, 3.05) is 14.1 Å². The number of hydrogen-bond acceptors (Lipinski definition) is 3. The number of aliphatic hydroxyl groups excluding tert-OH is 1. The highest BCUT2D eigenvalue weighted by molar-refractivity contribution is 5.94. The molecule has 1 aliphatic carbocycles. The van der Waals surface area contributed by atoms with E-state index in [-0.39, 0.29) is 5.56 Å². The summed E-state index contributed by atoms with van der Waals surface area (Å²) >= 11 is 0. The Morgan fingerprint density at radius 1 is 1.25 bits per heavy atom. The Morgan fingerprint density at radius 2 is 2.00 bits per heavy atom. The molecule has 8 heteroatoms. The molecule has 0 aromatic heterocycles. The molecular formula is C20H20F3N3O2. The van der Waals surface area contributed by atoms with Crippen LogP contribution in [0.4, 0.5) is 18.9 Å². The minimum atomic E-state index is -4.53. The summed E-state index contributed by atoms with van der Waals surface area (Å²) in [7, 11) is 3.66. The zero-order valence-electron chi connectivity index (χ0n) is 15.4. The lowest BCUT2D eigenvalue weighted by Gasteiger charge is -2.18. The van der Waals surface area contributed by atoms with Gasteiger partial charge < -0.3 is 15.3 Å². The van der Waals surface area contributed by atoms with E-state index < -0.39 is 29.8 Å². The fourth-order valence-electron chi connectivity index (χ4n) is 3.11. The van der Waals surface area contributed by atoms with E-state index in [1.165, 1.54) is 12.1 Å². The van der Waals surface area contributed by atoms with Crippen LogP contribution >= 0.6 is 0 Å². The summed E-state index contributed by atoms with van der Waals surface area (Å²) in [5.74, 6) is -0.676. The monoisotopic (exact) mass is 391 g/mol. The molecule has 5 nitrogen and oxygen atoms in total. The van der Waals surface area contributed by atoms with E-state index in [0.717, 1.165) is 17.7 Å². The van der Waals surface area contributed by atoms with Crippen molar-refractivity contribution < 1.29 is 23.1 Å². The van der Waals surface area contributed by atoms with Crippen molar-refractivity contribution in [2.45, 2.75) is 24.7 Å². The molecule has 148 valence electrons. The number of fused-ring (bicyclic) bond motifs is 1. The quantitative estimate of drug-likeness (QED) is 0.621. The number of rotatable bonds is 4. The Balaban J connectivity index is 1.84. The molecule has 28 heavy (non-hydrogen) atoms. The number of carbonyl (C=O) groups is 1. The lowest BCUT2D eigenvalue weighted by molar-refractivity contribution is -0.137. The predicted octanol–water partition coefficient (Wildman–Crippen LogP) is 3.31. The molecule has 2 atom stereocenters. The number of aliphatic hydroxyl groups is 1. The normalized spacial score (nSPS) is 18.9. The summed E-state index contributed by atoms with van der Waals surface area (Å²) in [6.45, 7) is 0. The van der Waals surface area contributed by atoms with Gasteiger partial charge in [-0.1, -0.05) is 12.1 Å². The highest BCUT2D eigenvalue weighted by Crippen LogP contribution is 2.35. The molecule has 0 fully saturated rings. The molecule has 2 aromatic rings. The second-order valence-electron chi connectivity index (χ2n) is 6.89. The maximum Gasteiger partial charge on any atom is 0.416 e. The van der Waals surface area contributed by atoms with Crippen LogP contribution in [-0.4, -0.2) is 42.5 Å². The molecule has 1 amide bonds. The van der Waals surface area contributed by atoms with Crippen molar-refractivity contribution in [1.29, 1.82) is 0 Å². The van der Waals surface area contributed by atoms with Crippen LogP contribution in [0.1, 0.15) is 33.1 Å². The van der Waals surface area contributed by atoms with E-state index in [9.17, 15) is 23.1 Å². The van der Waals surface area contributed by atoms with Crippen LogP contribution in [0.2, 0.25) is 0 Å². The second kappa shape index (κ2) is 7.63. The maximum absolute atomic E-state index is 12.9. The van der Waals surface area contributed by atoms with Crippen LogP contribution in [0.15, 0.2) is 47.5 Å². The van der Waals surface area contributed by atoms with E-state index in [1.54, 1.807) is 17.3 Å². The first-order valence-electron chi connectivity index (χ1n) is 8.65. The molecule has 2 aromatic carbocycles. The molecule has 2 N–H and O–H groups in total. The number of aliphatic imine (C=N–C) groups is 1. The average Bonchev–Trinajstić information content (AvgIpc) is 2.94. The SMILES string of the molecule is CN(C)C=Nc1ccc2c(c1)[C@@H](NC(=O)c1cccc(C(F)(F)F)c1)[C@H](O)C2. The van der Waals surface area contributed by atoms with Gasteiger partial charge in [0.05, 0.1) is 29.7 Å². The molecule has 0 aliphatic heterocycles. The molecule has 1 aliphatic rings. The van der Waals surface area contributed by atoms with Crippen LogP contribution in [0.25, 0.3) is 0 Å². The Kier molecular flexibility index (Phi) is 5.42. The third-order valence-electron chi connectivity index (χ3n) is 4.45. The van der Waals surface area contributed by atoms with E-state index in [1.807, 2.05) is 26.2 Å². The molecule has 0 saturated heterocycles. The number of carbonyl (C=O) groups excluding carboxylic acids is 1. The lowest BCUT2D eigenvalue weighted by atomic mass is 10.1. The fourth-order valence-corrected chi connectivity index (χ4v) is 3.11. The molecule has 0 bridgehead atoms. The molecule has 0 saturated carbocycles. The molecule has 0 heterocycles. The highest BCUT2D eigenvalue weighted by Gasteiger charge is 2.34. The summed E-state index contributed by atoms with van der Waals surface area (Å²) in [6.07, 6.45) is -3.42. The standard InChI is InChI=1S/C20H20F3N3O2/c1-26(2)11-24-15-7-6-12-9-17(27)18(16(12)10-15)25-19(28)13-4-3-5-14(8-13)20(21,22)23/h3-8,10-11,17-18,27H,9H2,1-2H3,(H,25,28)/t17-,18-/m1/s1. The molecule has 3 rings (SSSR count). The lowest BCUT2D eigenvalue weighted by Crippen LogP contribution is -2.34. The van der Waals surface area contributed by atoms with Crippen molar-refractivity contribution in [2.24, 2.45) is 4.99 Å². The van der Waals surface area contributed by atoms with Gasteiger partial charge >= 0.3 is 6.18 Å². The van der Waals surface area contributed by atoms with Gasteiger partial charge in [0, 0.05) is 26.1 Å². The van der Waals surface area contributed by atoms with Crippen molar-refractivity contribution in [3.8, 4) is 0 Å². The number of halogens is 3. The maximum atomic E-state index is 12.9. The topological polar surface area (TPSA) is 64.9 Å². The summed E-state index contributed by atoms with van der Waals surface area (Å²) in [4.78, 5) is 18.6. The zero-order chi connectivity index (χ0) is 20.5. The van der Waals surface area contributed by atoms with E-state index in [0.29, 0.717) is 17.7 Å². The van der Waals surface area contributed by atoms with Crippen molar-refractivity contribution >= 4 is 17.9 Å².